The second kappa shape index (κ2) is 8.86. The number of halogens is 3. The normalized spacial score (nSPS) is 23.4. The van der Waals surface area contributed by atoms with Gasteiger partial charge in [-0.1, -0.05) is 6.07 Å². The molecule has 1 aromatic carbocycles. The molecule has 0 radical (unpaired) electrons. The largest absolute Gasteiger partial charge is 0.416 e. The average Bonchev–Trinajstić information content (AvgIpc) is 2.79. The third kappa shape index (κ3) is 5.00. The molecule has 2 saturated heterocycles. The molecule has 10 heteroatoms. The maximum Gasteiger partial charge on any atom is 0.416 e. The van der Waals surface area contributed by atoms with E-state index in [2.05, 4.69) is 15.4 Å². The summed E-state index contributed by atoms with van der Waals surface area (Å²) in [6, 6.07) is 5.69. The van der Waals surface area contributed by atoms with Crippen LogP contribution < -0.4 is 10.3 Å². The highest BCUT2D eigenvalue weighted by Gasteiger charge is 2.33. The fourth-order valence-corrected chi connectivity index (χ4v) is 4.47. The van der Waals surface area contributed by atoms with Crippen molar-refractivity contribution in [2.24, 2.45) is 5.10 Å². The Morgan fingerprint density at radius 2 is 1.87 bits per heavy atom. The number of carbonyl (C=O) groups excluding carboxylic acids is 2. The summed E-state index contributed by atoms with van der Waals surface area (Å²) in [5, 5.41) is 3.92. The number of alkyl halides is 3. The minimum absolute atomic E-state index is 0.118. The van der Waals surface area contributed by atoms with Crippen LogP contribution in [0, 0.1) is 0 Å². The Hall–Kier alpha value is -2.62. The molecule has 0 aliphatic carbocycles. The number of piperidine rings is 1. The van der Waals surface area contributed by atoms with Gasteiger partial charge in [0, 0.05) is 63.8 Å². The third-order valence-corrected chi connectivity index (χ3v) is 6.20. The first-order valence-corrected chi connectivity index (χ1v) is 10.6. The summed E-state index contributed by atoms with van der Waals surface area (Å²) in [6.45, 7) is 4.04. The number of rotatable bonds is 3. The summed E-state index contributed by atoms with van der Waals surface area (Å²) in [5.41, 5.74) is 2.73. The molecule has 3 heterocycles. The molecule has 3 aliphatic rings. The number of benzene rings is 1. The zero-order valence-corrected chi connectivity index (χ0v) is 17.2. The average molecular weight is 437 g/mol. The zero-order valence-electron chi connectivity index (χ0n) is 17.2. The summed E-state index contributed by atoms with van der Waals surface area (Å²) in [7, 11) is 0. The first kappa shape index (κ1) is 21.6. The maximum atomic E-state index is 13.0. The molecule has 7 nitrogen and oxygen atoms in total. The molecule has 0 spiro atoms. The SMILES string of the molecule is O=C1CCC(C(=O)N2CCC[C@@H](N3CCN(c4cccc(C(F)(F)F)c4)CC3)C2)=NN1. The summed E-state index contributed by atoms with van der Waals surface area (Å²) >= 11 is 0. The molecule has 2 fully saturated rings. The van der Waals surface area contributed by atoms with E-state index in [0.717, 1.165) is 32.0 Å². The molecule has 1 atom stereocenters. The van der Waals surface area contributed by atoms with E-state index in [0.29, 0.717) is 44.0 Å². The third-order valence-electron chi connectivity index (χ3n) is 6.20. The van der Waals surface area contributed by atoms with Gasteiger partial charge in [0.05, 0.1) is 5.56 Å². The Labute approximate surface area is 178 Å². The van der Waals surface area contributed by atoms with Crippen molar-refractivity contribution in [3.05, 3.63) is 29.8 Å². The zero-order chi connectivity index (χ0) is 22.0. The fourth-order valence-electron chi connectivity index (χ4n) is 4.47. The van der Waals surface area contributed by atoms with Gasteiger partial charge in [-0.3, -0.25) is 14.5 Å². The van der Waals surface area contributed by atoms with Crippen molar-refractivity contribution in [2.75, 3.05) is 44.2 Å². The molecular weight excluding hydrogens is 411 g/mol. The van der Waals surface area contributed by atoms with Crippen molar-refractivity contribution in [1.29, 1.82) is 0 Å². The Bertz CT molecular complexity index is 865. The van der Waals surface area contributed by atoms with Crippen molar-refractivity contribution in [1.82, 2.24) is 15.2 Å². The fraction of sp³-hybridized carbons (Fsp3) is 0.571. The first-order valence-electron chi connectivity index (χ1n) is 10.6. The Balaban J connectivity index is 1.34. The molecule has 0 saturated carbocycles. The Kier molecular flexibility index (Phi) is 6.17. The van der Waals surface area contributed by atoms with Crippen LogP contribution >= 0.6 is 0 Å². The van der Waals surface area contributed by atoms with Gasteiger partial charge in [-0.05, 0) is 31.0 Å². The number of hydrogen-bond acceptors (Lipinski definition) is 5. The van der Waals surface area contributed by atoms with Crippen LogP contribution in [-0.2, 0) is 15.8 Å². The minimum Gasteiger partial charge on any atom is -0.369 e. The smallest absolute Gasteiger partial charge is 0.369 e. The molecule has 31 heavy (non-hydrogen) atoms. The number of carbonyl (C=O) groups is 2. The lowest BCUT2D eigenvalue weighted by Gasteiger charge is -2.44. The number of nitrogens with one attached hydrogen (secondary N) is 1. The number of nitrogens with zero attached hydrogens (tertiary/aromatic N) is 4. The molecule has 2 amide bonds. The van der Waals surface area contributed by atoms with E-state index in [4.69, 9.17) is 0 Å². The van der Waals surface area contributed by atoms with Crippen LogP contribution in [0.5, 0.6) is 0 Å². The van der Waals surface area contributed by atoms with E-state index in [1.807, 2.05) is 9.80 Å². The van der Waals surface area contributed by atoms with Gasteiger partial charge in [0.1, 0.15) is 5.71 Å². The number of hydrogen-bond donors (Lipinski definition) is 1. The maximum absolute atomic E-state index is 13.0. The molecular formula is C21H26F3N5O2. The Morgan fingerprint density at radius 1 is 1.10 bits per heavy atom. The van der Waals surface area contributed by atoms with Crippen molar-refractivity contribution < 1.29 is 22.8 Å². The molecule has 3 aliphatic heterocycles. The molecule has 1 N–H and O–H groups in total. The summed E-state index contributed by atoms with van der Waals surface area (Å²) in [5.74, 6) is -0.293. The monoisotopic (exact) mass is 437 g/mol. The molecule has 1 aromatic rings. The number of hydrazone groups is 1. The second-order valence-corrected chi connectivity index (χ2v) is 8.21. The number of amides is 2. The van der Waals surface area contributed by atoms with Crippen molar-refractivity contribution in [2.45, 2.75) is 37.9 Å². The van der Waals surface area contributed by atoms with Gasteiger partial charge in [-0.15, -0.1) is 0 Å². The summed E-state index contributed by atoms with van der Waals surface area (Å²) < 4.78 is 39.0. The lowest BCUT2D eigenvalue weighted by Crippen LogP contribution is -2.56. The van der Waals surface area contributed by atoms with E-state index in [1.165, 1.54) is 12.1 Å². The predicted molar refractivity (Wildman–Crippen MR) is 110 cm³/mol. The Morgan fingerprint density at radius 3 is 2.55 bits per heavy atom. The van der Waals surface area contributed by atoms with Crippen LogP contribution in [0.3, 0.4) is 0 Å². The van der Waals surface area contributed by atoms with E-state index < -0.39 is 11.7 Å². The molecule has 0 aromatic heterocycles. The lowest BCUT2D eigenvalue weighted by atomic mass is 10.0. The van der Waals surface area contributed by atoms with Crippen molar-refractivity contribution >= 4 is 23.2 Å². The van der Waals surface area contributed by atoms with E-state index in [9.17, 15) is 22.8 Å². The highest BCUT2D eigenvalue weighted by atomic mass is 19.4. The predicted octanol–water partition coefficient (Wildman–Crippen LogP) is 2.08. The number of anilines is 1. The van der Waals surface area contributed by atoms with Gasteiger partial charge in [0.25, 0.3) is 5.91 Å². The molecule has 168 valence electrons. The van der Waals surface area contributed by atoms with Crippen LogP contribution in [0.1, 0.15) is 31.2 Å². The summed E-state index contributed by atoms with van der Waals surface area (Å²) in [4.78, 5) is 30.1. The van der Waals surface area contributed by atoms with Crippen LogP contribution in [0.15, 0.2) is 29.4 Å². The summed E-state index contributed by atoms with van der Waals surface area (Å²) in [6.07, 6.45) is -1.83. The van der Waals surface area contributed by atoms with Gasteiger partial charge in [0.2, 0.25) is 5.91 Å². The molecule has 0 bridgehead atoms. The van der Waals surface area contributed by atoms with Crippen LogP contribution in [-0.4, -0.2) is 72.6 Å². The van der Waals surface area contributed by atoms with Crippen LogP contribution in [0.4, 0.5) is 18.9 Å². The number of piperazine rings is 1. The van der Waals surface area contributed by atoms with Gasteiger partial charge in [0.15, 0.2) is 0 Å². The second-order valence-electron chi connectivity index (χ2n) is 8.21. The quantitative estimate of drug-likeness (QED) is 0.787. The minimum atomic E-state index is -4.35. The van der Waals surface area contributed by atoms with Crippen molar-refractivity contribution in [3.63, 3.8) is 0 Å². The highest BCUT2D eigenvalue weighted by Crippen LogP contribution is 2.32. The standard InChI is InChI=1S/C21H26F3N5O2/c22-21(23,24)15-3-1-4-16(13-15)27-9-11-28(12-10-27)17-5-2-8-29(14-17)20(31)18-6-7-19(30)26-25-18/h1,3-4,13,17H,2,5-12,14H2,(H,26,30)/t17-/m1/s1. The lowest BCUT2D eigenvalue weighted by molar-refractivity contribution is -0.137. The van der Waals surface area contributed by atoms with E-state index in [-0.39, 0.29) is 24.3 Å². The van der Waals surface area contributed by atoms with Gasteiger partial charge >= 0.3 is 6.18 Å². The van der Waals surface area contributed by atoms with Crippen molar-refractivity contribution in [3.8, 4) is 0 Å². The van der Waals surface area contributed by atoms with E-state index >= 15 is 0 Å². The van der Waals surface area contributed by atoms with E-state index in [1.54, 1.807) is 6.07 Å². The first-order chi connectivity index (χ1) is 14.8. The molecule has 0 unspecified atom stereocenters. The highest BCUT2D eigenvalue weighted by molar-refractivity contribution is 6.39. The topological polar surface area (TPSA) is 68.2 Å². The van der Waals surface area contributed by atoms with Crippen LogP contribution in [0.2, 0.25) is 0 Å². The van der Waals surface area contributed by atoms with Gasteiger partial charge in [-0.2, -0.15) is 18.3 Å². The van der Waals surface area contributed by atoms with Crippen LogP contribution in [0.25, 0.3) is 0 Å². The number of likely N-dealkylation sites (tertiary alicyclic amines) is 1. The molecule has 4 rings (SSSR count). The van der Waals surface area contributed by atoms with Gasteiger partial charge < -0.3 is 9.80 Å². The van der Waals surface area contributed by atoms with Gasteiger partial charge in [-0.25, -0.2) is 5.43 Å².